The zero-order valence-electron chi connectivity index (χ0n) is 5.17. The van der Waals surface area contributed by atoms with Crippen molar-refractivity contribution in [3.05, 3.63) is 24.9 Å². The van der Waals surface area contributed by atoms with Gasteiger partial charge in [0.2, 0.25) is 0 Å². The summed E-state index contributed by atoms with van der Waals surface area (Å²) in [5, 5.41) is 0.0305. The normalized spacial score (nSPS) is 10.2. The van der Waals surface area contributed by atoms with E-state index in [0.29, 0.717) is 8.04 Å². The van der Waals surface area contributed by atoms with Crippen LogP contribution in [0.4, 0.5) is 10.1 Å². The highest BCUT2D eigenvalue weighted by atomic mass is 127. The third-order valence-corrected chi connectivity index (χ3v) is 3.27. The second-order valence-corrected chi connectivity index (χ2v) is 4.28. The van der Waals surface area contributed by atoms with Crippen LogP contribution in [0.3, 0.4) is 0 Å². The molecule has 0 amide bonds. The highest BCUT2D eigenvalue weighted by Crippen LogP contribution is 2.32. The Morgan fingerprint density at radius 3 is 2.73 bits per heavy atom. The second-order valence-electron chi connectivity index (χ2n) is 1.88. The second kappa shape index (κ2) is 3.45. The van der Waals surface area contributed by atoms with Crippen molar-refractivity contribution in [1.29, 1.82) is 0 Å². The van der Waals surface area contributed by atoms with Crippen LogP contribution in [0.2, 0.25) is 5.02 Å². The molecule has 1 aromatic carbocycles. The Morgan fingerprint density at radius 2 is 2.18 bits per heavy atom. The fraction of sp³-hybridized carbons (Fsp3) is 0. The molecule has 0 aliphatic rings. The van der Waals surface area contributed by atoms with Crippen molar-refractivity contribution in [1.82, 2.24) is 0 Å². The Morgan fingerprint density at radius 1 is 1.64 bits per heavy atom. The lowest BCUT2D eigenvalue weighted by Crippen LogP contribution is -1.95. The molecule has 1 aromatic rings. The first-order valence-electron chi connectivity index (χ1n) is 2.62. The molecule has 0 atom stereocenters. The monoisotopic (exact) mass is 349 g/mol. The molecule has 0 bridgehead atoms. The van der Waals surface area contributed by atoms with Gasteiger partial charge < -0.3 is 5.73 Å². The molecule has 0 spiro atoms. The van der Waals surface area contributed by atoms with Gasteiger partial charge in [0, 0.05) is 8.04 Å². The largest absolute Gasteiger partial charge is 0.395 e. The van der Waals surface area contributed by atoms with Crippen LogP contribution in [0.25, 0.3) is 0 Å². The minimum absolute atomic E-state index is 0.0305. The maximum atomic E-state index is 13.0. The molecule has 0 aromatic heterocycles. The lowest BCUT2D eigenvalue weighted by Gasteiger charge is -2.03. The fourth-order valence-electron chi connectivity index (χ4n) is 0.580. The Hall–Kier alpha value is 0.450. The minimum Gasteiger partial charge on any atom is -0.395 e. The van der Waals surface area contributed by atoms with Crippen LogP contribution in [0.15, 0.2) is 10.5 Å². The Bertz CT molecular complexity index is 279. The molecule has 0 saturated heterocycles. The summed E-state index contributed by atoms with van der Waals surface area (Å²) in [6, 6.07) is 1.67. The lowest BCUT2D eigenvalue weighted by molar-refractivity contribution is 0.631. The zero-order chi connectivity index (χ0) is 8.59. The van der Waals surface area contributed by atoms with Crippen LogP contribution in [0, 0.1) is 9.39 Å². The number of benzene rings is 1. The molecule has 0 aliphatic carbocycles. The molecule has 0 fully saturated rings. The van der Waals surface area contributed by atoms with Gasteiger partial charge in [0.15, 0.2) is 5.82 Å². The molecule has 1 rings (SSSR count). The van der Waals surface area contributed by atoms with E-state index in [1.54, 1.807) is 6.07 Å². The molecule has 0 radical (unpaired) electrons. The molecule has 0 heterocycles. The summed E-state index contributed by atoms with van der Waals surface area (Å²) in [6.45, 7) is 0. The van der Waals surface area contributed by atoms with Gasteiger partial charge in [-0.2, -0.15) is 0 Å². The highest BCUT2D eigenvalue weighted by Gasteiger charge is 2.11. The lowest BCUT2D eigenvalue weighted by atomic mass is 10.3. The van der Waals surface area contributed by atoms with E-state index in [0.717, 1.165) is 0 Å². The Labute approximate surface area is 90.4 Å². The highest BCUT2D eigenvalue weighted by molar-refractivity contribution is 14.1. The van der Waals surface area contributed by atoms with Crippen molar-refractivity contribution in [3.63, 3.8) is 0 Å². The van der Waals surface area contributed by atoms with Crippen molar-refractivity contribution < 1.29 is 4.39 Å². The third kappa shape index (κ3) is 1.78. The summed E-state index contributed by atoms with van der Waals surface area (Å²) in [7, 11) is 0. The van der Waals surface area contributed by atoms with Gasteiger partial charge in [-0.05, 0) is 44.6 Å². The zero-order valence-corrected chi connectivity index (χ0v) is 9.67. The van der Waals surface area contributed by atoms with Gasteiger partial charge in [-0.15, -0.1) is 0 Å². The summed E-state index contributed by atoms with van der Waals surface area (Å²) in [6.07, 6.45) is 0. The molecule has 2 N–H and O–H groups in total. The van der Waals surface area contributed by atoms with Gasteiger partial charge in [0.05, 0.1) is 10.7 Å². The van der Waals surface area contributed by atoms with Crippen molar-refractivity contribution in [2.75, 3.05) is 5.73 Å². The smallest absolute Gasteiger partial charge is 0.166 e. The minimum atomic E-state index is -0.564. The fourth-order valence-corrected chi connectivity index (χ4v) is 2.12. The van der Waals surface area contributed by atoms with E-state index < -0.39 is 5.82 Å². The molecular formula is C6H3BrClFIN. The molecule has 1 nitrogen and oxygen atoms in total. The quantitative estimate of drug-likeness (QED) is 0.330. The molecule has 0 saturated carbocycles. The molecule has 0 aliphatic heterocycles. The van der Waals surface area contributed by atoms with Gasteiger partial charge >= 0.3 is 0 Å². The molecule has 11 heavy (non-hydrogen) atoms. The van der Waals surface area contributed by atoms with Crippen molar-refractivity contribution in [3.8, 4) is 0 Å². The van der Waals surface area contributed by atoms with Crippen molar-refractivity contribution >= 4 is 55.8 Å². The maximum absolute atomic E-state index is 13.0. The number of anilines is 1. The van der Waals surface area contributed by atoms with E-state index >= 15 is 0 Å². The van der Waals surface area contributed by atoms with Crippen LogP contribution >= 0.6 is 50.1 Å². The number of rotatable bonds is 0. The van der Waals surface area contributed by atoms with E-state index in [-0.39, 0.29) is 10.7 Å². The molecule has 60 valence electrons. The number of nitrogens with two attached hydrogens (primary N) is 1. The third-order valence-electron chi connectivity index (χ3n) is 1.15. The first-order valence-corrected chi connectivity index (χ1v) is 4.87. The topological polar surface area (TPSA) is 26.0 Å². The Kier molecular flexibility index (Phi) is 2.99. The van der Waals surface area contributed by atoms with E-state index in [1.165, 1.54) is 0 Å². The van der Waals surface area contributed by atoms with Gasteiger partial charge in [0.25, 0.3) is 0 Å². The summed E-state index contributed by atoms with van der Waals surface area (Å²) in [5.41, 5.74) is 5.46. The van der Waals surface area contributed by atoms with Crippen molar-refractivity contribution in [2.24, 2.45) is 0 Å². The number of hydrogen-bond acceptors (Lipinski definition) is 1. The van der Waals surface area contributed by atoms with Crippen LogP contribution in [-0.2, 0) is 0 Å². The van der Waals surface area contributed by atoms with Crippen LogP contribution in [-0.4, -0.2) is 0 Å². The van der Waals surface area contributed by atoms with Gasteiger partial charge in [-0.1, -0.05) is 11.6 Å². The van der Waals surface area contributed by atoms with E-state index in [1.807, 2.05) is 22.6 Å². The average molecular weight is 350 g/mol. The summed E-state index contributed by atoms with van der Waals surface area (Å²) in [4.78, 5) is 0. The first kappa shape index (κ1) is 9.54. The molecule has 5 heteroatoms. The molecule has 0 unspecified atom stereocenters. The number of hydrogen-bond donors (Lipinski definition) is 1. The Balaban J connectivity index is 3.46. The standard InChI is InChI=1S/C6H3BrClFIN/c7-2-1-3(10)6(11)5(9)4(2)8/h1H,11H2. The summed E-state index contributed by atoms with van der Waals surface area (Å²) < 4.78 is 14.1. The van der Waals surface area contributed by atoms with E-state index in [2.05, 4.69) is 15.9 Å². The SMILES string of the molecule is Nc1c(I)cc(Br)c(Cl)c1F. The van der Waals surface area contributed by atoms with Crippen LogP contribution in [0.5, 0.6) is 0 Å². The van der Waals surface area contributed by atoms with Gasteiger partial charge in [-0.25, -0.2) is 4.39 Å². The van der Waals surface area contributed by atoms with Gasteiger partial charge in [-0.3, -0.25) is 0 Å². The number of nitrogen functional groups attached to an aromatic ring is 1. The van der Waals surface area contributed by atoms with E-state index in [4.69, 9.17) is 17.3 Å². The average Bonchev–Trinajstić information content (AvgIpc) is 1.97. The van der Waals surface area contributed by atoms with Crippen LogP contribution in [0.1, 0.15) is 0 Å². The maximum Gasteiger partial charge on any atom is 0.166 e. The van der Waals surface area contributed by atoms with Gasteiger partial charge in [0.1, 0.15) is 0 Å². The number of halogens is 4. The van der Waals surface area contributed by atoms with Crippen LogP contribution < -0.4 is 5.73 Å². The predicted molar refractivity (Wildman–Crippen MR) is 56.2 cm³/mol. The first-order chi connectivity index (χ1) is 5.04. The summed E-state index contributed by atoms with van der Waals surface area (Å²) >= 11 is 10.6. The predicted octanol–water partition coefficient (Wildman–Crippen LogP) is 3.43. The van der Waals surface area contributed by atoms with Crippen molar-refractivity contribution in [2.45, 2.75) is 0 Å². The van der Waals surface area contributed by atoms with E-state index in [9.17, 15) is 4.39 Å². The molecular weight excluding hydrogens is 347 g/mol. The summed E-state index contributed by atoms with van der Waals surface area (Å²) in [5.74, 6) is -0.564.